The lowest BCUT2D eigenvalue weighted by molar-refractivity contribution is -0.143. The van der Waals surface area contributed by atoms with Gasteiger partial charge in [-0.05, 0) is 34.1 Å². The van der Waals surface area contributed by atoms with Crippen molar-refractivity contribution < 1.29 is 9.53 Å². The summed E-state index contributed by atoms with van der Waals surface area (Å²) in [6.07, 6.45) is 2.57. The molecule has 0 aliphatic heterocycles. The number of carbonyl (C=O) groups is 1. The first-order chi connectivity index (χ1) is 10.0. The highest BCUT2D eigenvalue weighted by atomic mass is 16.5. The summed E-state index contributed by atoms with van der Waals surface area (Å²) in [4.78, 5) is 19.9. The summed E-state index contributed by atoms with van der Waals surface area (Å²) < 4.78 is 6.62. The van der Waals surface area contributed by atoms with Gasteiger partial charge in [0.1, 0.15) is 12.1 Å². The van der Waals surface area contributed by atoms with Crippen LogP contribution in [-0.2, 0) is 9.53 Å². The lowest BCUT2D eigenvalue weighted by Crippen LogP contribution is -2.21. The molecule has 7 heteroatoms. The Hall–Kier alpha value is -2.18. The molecule has 2 heterocycles. The molecular weight excluding hydrogens is 270 g/mol. The minimum absolute atomic E-state index is 0.113. The van der Waals surface area contributed by atoms with Gasteiger partial charge in [-0.3, -0.25) is 4.79 Å². The van der Waals surface area contributed by atoms with Gasteiger partial charge in [-0.15, -0.1) is 0 Å². The molecule has 0 saturated heterocycles. The van der Waals surface area contributed by atoms with Crippen molar-refractivity contribution in [1.29, 1.82) is 0 Å². The molecule has 0 aliphatic carbocycles. The van der Waals surface area contributed by atoms with E-state index in [4.69, 9.17) is 4.74 Å². The predicted molar refractivity (Wildman–Crippen MR) is 79.2 cm³/mol. The van der Waals surface area contributed by atoms with Crippen molar-refractivity contribution in [3.8, 4) is 0 Å². The van der Waals surface area contributed by atoms with Crippen LogP contribution in [0.4, 0.5) is 5.82 Å². The van der Waals surface area contributed by atoms with Crippen molar-refractivity contribution in [2.45, 2.75) is 46.6 Å². The zero-order chi connectivity index (χ0) is 15.4. The van der Waals surface area contributed by atoms with Gasteiger partial charge < -0.3 is 10.1 Å². The van der Waals surface area contributed by atoms with Crippen LogP contribution in [0.2, 0.25) is 0 Å². The third-order valence-corrected chi connectivity index (χ3v) is 3.38. The van der Waals surface area contributed by atoms with Crippen LogP contribution >= 0.6 is 0 Å². The fourth-order valence-corrected chi connectivity index (χ4v) is 2.08. The van der Waals surface area contributed by atoms with E-state index in [1.807, 2.05) is 27.7 Å². The molecule has 0 saturated carbocycles. The maximum Gasteiger partial charge on any atom is 0.305 e. The first-order valence-corrected chi connectivity index (χ1v) is 7.12. The van der Waals surface area contributed by atoms with E-state index in [9.17, 15) is 4.79 Å². The molecule has 1 atom stereocenters. The van der Waals surface area contributed by atoms with Crippen LogP contribution in [0.25, 0.3) is 5.78 Å². The molecule has 0 radical (unpaired) electrons. The Kier molecular flexibility index (Phi) is 4.72. The van der Waals surface area contributed by atoms with Crippen molar-refractivity contribution in [3.63, 3.8) is 0 Å². The molecule has 2 aromatic rings. The molecule has 0 spiro atoms. The van der Waals surface area contributed by atoms with E-state index in [0.29, 0.717) is 25.2 Å². The number of aromatic nitrogens is 4. The third-order valence-electron chi connectivity index (χ3n) is 3.38. The summed E-state index contributed by atoms with van der Waals surface area (Å²) in [5.74, 6) is 1.27. The minimum atomic E-state index is -0.167. The molecule has 21 heavy (non-hydrogen) atoms. The number of fused-ring (bicyclic) bond motifs is 1. The van der Waals surface area contributed by atoms with Gasteiger partial charge in [-0.2, -0.15) is 14.6 Å². The number of ether oxygens (including phenoxy) is 1. The van der Waals surface area contributed by atoms with Crippen molar-refractivity contribution in [2.24, 2.45) is 0 Å². The van der Waals surface area contributed by atoms with Gasteiger partial charge in [0.05, 0.1) is 6.61 Å². The number of carbonyl (C=O) groups excluding carboxylic acids is 1. The first-order valence-electron chi connectivity index (χ1n) is 7.12. The first kappa shape index (κ1) is 15.2. The number of aryl methyl sites for hydroxylation is 1. The summed E-state index contributed by atoms with van der Waals surface area (Å²) in [5.41, 5.74) is 1.94. The Labute approximate surface area is 123 Å². The monoisotopic (exact) mass is 291 g/mol. The topological polar surface area (TPSA) is 81.4 Å². The Bertz CT molecular complexity index is 638. The fraction of sp³-hybridized carbons (Fsp3) is 0.571. The van der Waals surface area contributed by atoms with Crippen molar-refractivity contribution in [2.75, 3.05) is 11.9 Å². The molecule has 1 N–H and O–H groups in total. The summed E-state index contributed by atoms with van der Waals surface area (Å²) in [6.45, 7) is 8.19. The molecule has 114 valence electrons. The molecule has 2 rings (SSSR count). The van der Waals surface area contributed by atoms with E-state index in [2.05, 4.69) is 20.4 Å². The standard InChI is InChI=1S/C14H21N5O2/c1-5-21-12(20)7-6-9(2)17-13-10(3)11(4)18-14-15-8-16-19(13)14/h8-9,17H,5-7H2,1-4H3. The molecule has 0 bridgehead atoms. The average molecular weight is 291 g/mol. The highest BCUT2D eigenvalue weighted by molar-refractivity contribution is 5.69. The summed E-state index contributed by atoms with van der Waals surface area (Å²) in [7, 11) is 0. The summed E-state index contributed by atoms with van der Waals surface area (Å²) in [5, 5.41) is 7.58. The molecule has 1 unspecified atom stereocenters. The van der Waals surface area contributed by atoms with Crippen molar-refractivity contribution in [1.82, 2.24) is 19.6 Å². The van der Waals surface area contributed by atoms with Crippen molar-refractivity contribution in [3.05, 3.63) is 17.6 Å². The number of rotatable bonds is 6. The number of nitrogens with zero attached hydrogens (tertiary/aromatic N) is 4. The van der Waals surface area contributed by atoms with Gasteiger partial charge >= 0.3 is 5.97 Å². The molecule has 0 aromatic carbocycles. The Morgan fingerprint density at radius 2 is 2.24 bits per heavy atom. The lowest BCUT2D eigenvalue weighted by Gasteiger charge is -2.18. The van der Waals surface area contributed by atoms with Gasteiger partial charge in [0.2, 0.25) is 0 Å². The highest BCUT2D eigenvalue weighted by Crippen LogP contribution is 2.19. The normalized spacial score (nSPS) is 12.4. The van der Waals surface area contributed by atoms with E-state index >= 15 is 0 Å². The minimum Gasteiger partial charge on any atom is -0.466 e. The second-order valence-electron chi connectivity index (χ2n) is 5.03. The zero-order valence-corrected chi connectivity index (χ0v) is 12.9. The van der Waals surface area contributed by atoms with E-state index < -0.39 is 0 Å². The van der Waals surface area contributed by atoms with Gasteiger partial charge in [0, 0.05) is 23.7 Å². The molecular formula is C14H21N5O2. The molecule has 2 aromatic heterocycles. The largest absolute Gasteiger partial charge is 0.466 e. The van der Waals surface area contributed by atoms with Crippen LogP contribution < -0.4 is 5.32 Å². The van der Waals surface area contributed by atoms with Gasteiger partial charge in [-0.1, -0.05) is 0 Å². The smallest absolute Gasteiger partial charge is 0.305 e. The number of nitrogens with one attached hydrogen (secondary N) is 1. The molecule has 0 aliphatic rings. The number of hydrogen-bond acceptors (Lipinski definition) is 6. The van der Waals surface area contributed by atoms with E-state index in [0.717, 1.165) is 17.1 Å². The van der Waals surface area contributed by atoms with Gasteiger partial charge in [0.25, 0.3) is 5.78 Å². The molecule has 0 amide bonds. The SMILES string of the molecule is CCOC(=O)CCC(C)Nc1c(C)c(C)nc2ncnn12. The third kappa shape index (κ3) is 3.48. The van der Waals surface area contributed by atoms with Crippen LogP contribution in [0.1, 0.15) is 37.9 Å². The molecule has 0 fully saturated rings. The second kappa shape index (κ2) is 6.51. The van der Waals surface area contributed by atoms with Gasteiger partial charge in [0.15, 0.2) is 0 Å². The average Bonchev–Trinajstić information content (AvgIpc) is 2.89. The predicted octanol–water partition coefficient (Wildman–Crippen LogP) is 1.88. The number of esters is 1. The van der Waals surface area contributed by atoms with Crippen molar-refractivity contribution >= 4 is 17.6 Å². The maximum atomic E-state index is 11.4. The maximum absolute atomic E-state index is 11.4. The highest BCUT2D eigenvalue weighted by Gasteiger charge is 2.14. The molecule has 7 nitrogen and oxygen atoms in total. The van der Waals surface area contributed by atoms with Crippen LogP contribution in [-0.4, -0.2) is 38.2 Å². The number of anilines is 1. The zero-order valence-electron chi connectivity index (χ0n) is 12.9. The van der Waals surface area contributed by atoms with E-state index in [1.165, 1.54) is 6.33 Å². The fourth-order valence-electron chi connectivity index (χ4n) is 2.08. The Morgan fingerprint density at radius 1 is 1.48 bits per heavy atom. The van der Waals surface area contributed by atoms with Crippen LogP contribution in [0.3, 0.4) is 0 Å². The van der Waals surface area contributed by atoms with Gasteiger partial charge in [-0.25, -0.2) is 4.98 Å². The Morgan fingerprint density at radius 3 is 2.95 bits per heavy atom. The van der Waals surface area contributed by atoms with Crippen LogP contribution in [0, 0.1) is 13.8 Å². The summed E-state index contributed by atoms with van der Waals surface area (Å²) >= 11 is 0. The quantitative estimate of drug-likeness (QED) is 0.818. The van der Waals surface area contributed by atoms with E-state index in [-0.39, 0.29) is 12.0 Å². The van der Waals surface area contributed by atoms with Crippen LogP contribution in [0.5, 0.6) is 0 Å². The Balaban J connectivity index is 2.10. The van der Waals surface area contributed by atoms with E-state index in [1.54, 1.807) is 4.52 Å². The summed E-state index contributed by atoms with van der Waals surface area (Å²) in [6, 6.07) is 0.113. The van der Waals surface area contributed by atoms with Crippen LogP contribution in [0.15, 0.2) is 6.33 Å². The lowest BCUT2D eigenvalue weighted by atomic mass is 10.1. The second-order valence-corrected chi connectivity index (χ2v) is 5.03. The number of hydrogen-bond donors (Lipinski definition) is 1.